The first-order chi connectivity index (χ1) is 17.4. The number of methoxy groups -OCH3 is 1. The number of amides is 1. The van der Waals surface area contributed by atoms with Gasteiger partial charge in [0, 0.05) is 48.0 Å². The number of anilines is 1. The van der Waals surface area contributed by atoms with Gasteiger partial charge < -0.3 is 19.2 Å². The minimum atomic E-state index is -0.0954. The zero-order valence-electron chi connectivity index (χ0n) is 20.8. The lowest BCUT2D eigenvalue weighted by molar-refractivity contribution is -0.116. The summed E-state index contributed by atoms with van der Waals surface area (Å²) in [7, 11) is 1.59. The van der Waals surface area contributed by atoms with Gasteiger partial charge in [-0.2, -0.15) is 5.10 Å². The van der Waals surface area contributed by atoms with Crippen molar-refractivity contribution in [2.75, 3.05) is 12.4 Å². The zero-order chi connectivity index (χ0) is 25.2. The van der Waals surface area contributed by atoms with E-state index in [1.54, 1.807) is 25.3 Å². The Balaban J connectivity index is 1.25. The number of fused-ring (bicyclic) bond motifs is 2. The Morgan fingerprint density at radius 1 is 1.03 bits per heavy atom. The van der Waals surface area contributed by atoms with Gasteiger partial charge in [-0.15, -0.1) is 0 Å². The molecule has 0 spiro atoms. The van der Waals surface area contributed by atoms with Gasteiger partial charge in [0.05, 0.1) is 18.5 Å². The van der Waals surface area contributed by atoms with E-state index in [2.05, 4.69) is 20.4 Å². The van der Waals surface area contributed by atoms with Crippen LogP contribution in [0.2, 0.25) is 0 Å². The second-order valence-corrected chi connectivity index (χ2v) is 8.72. The fourth-order valence-electron chi connectivity index (χ4n) is 4.34. The molecule has 0 unspecified atom stereocenters. The van der Waals surface area contributed by atoms with Crippen LogP contribution in [-0.4, -0.2) is 37.0 Å². The van der Waals surface area contributed by atoms with Gasteiger partial charge in [0.25, 0.3) is 0 Å². The number of pyridine rings is 1. The highest BCUT2D eigenvalue weighted by Crippen LogP contribution is 2.31. The molecule has 36 heavy (non-hydrogen) atoms. The number of carbonyl (C=O) groups is 1. The van der Waals surface area contributed by atoms with E-state index in [9.17, 15) is 4.79 Å². The smallest absolute Gasteiger partial charge is 0.224 e. The molecule has 0 aliphatic heterocycles. The maximum Gasteiger partial charge on any atom is 0.224 e. The third-order valence-corrected chi connectivity index (χ3v) is 6.13. The zero-order valence-corrected chi connectivity index (χ0v) is 20.8. The van der Waals surface area contributed by atoms with Crippen molar-refractivity contribution in [1.29, 1.82) is 0 Å². The summed E-state index contributed by atoms with van der Waals surface area (Å²) in [5, 5.41) is 7.48. The standard InChI is InChI=1S/C27H28N6O3/c1-17-13-26-28-18(2)22(19(3)33(26)31-17)9-11-27(34)30-20-8-10-23(35-4)24(14-20)36-16-21-15-32-12-6-5-7-25(32)29-21/h5-8,10,12-15H,9,11,16H2,1-4H3,(H,30,34). The molecule has 0 atom stereocenters. The fourth-order valence-corrected chi connectivity index (χ4v) is 4.34. The molecule has 1 aromatic carbocycles. The lowest BCUT2D eigenvalue weighted by atomic mass is 10.1. The number of aryl methyl sites for hydroxylation is 3. The van der Waals surface area contributed by atoms with Crippen molar-refractivity contribution < 1.29 is 14.3 Å². The van der Waals surface area contributed by atoms with Gasteiger partial charge in [0.15, 0.2) is 17.1 Å². The van der Waals surface area contributed by atoms with Crippen LogP contribution in [-0.2, 0) is 17.8 Å². The summed E-state index contributed by atoms with van der Waals surface area (Å²) in [4.78, 5) is 22.0. The maximum atomic E-state index is 12.8. The van der Waals surface area contributed by atoms with E-state index < -0.39 is 0 Å². The molecule has 0 radical (unpaired) electrons. The third kappa shape index (κ3) is 4.72. The van der Waals surface area contributed by atoms with Crippen LogP contribution in [0.5, 0.6) is 11.5 Å². The normalized spacial score (nSPS) is 11.2. The van der Waals surface area contributed by atoms with E-state index in [1.165, 1.54) is 0 Å². The van der Waals surface area contributed by atoms with Crippen LogP contribution in [0.4, 0.5) is 5.69 Å². The van der Waals surface area contributed by atoms with Crippen LogP contribution in [0, 0.1) is 20.8 Å². The summed E-state index contributed by atoms with van der Waals surface area (Å²) in [5.74, 6) is 1.02. The van der Waals surface area contributed by atoms with Gasteiger partial charge in [-0.25, -0.2) is 14.5 Å². The summed E-state index contributed by atoms with van der Waals surface area (Å²) >= 11 is 0. The van der Waals surface area contributed by atoms with E-state index in [0.717, 1.165) is 39.6 Å². The summed E-state index contributed by atoms with van der Waals surface area (Å²) in [6.45, 7) is 6.20. The van der Waals surface area contributed by atoms with E-state index in [4.69, 9.17) is 9.47 Å². The highest BCUT2D eigenvalue weighted by Gasteiger charge is 2.14. The second-order valence-electron chi connectivity index (χ2n) is 8.72. The Morgan fingerprint density at radius 2 is 1.89 bits per heavy atom. The van der Waals surface area contributed by atoms with Crippen LogP contribution >= 0.6 is 0 Å². The Hall–Kier alpha value is -4.40. The highest BCUT2D eigenvalue weighted by molar-refractivity contribution is 5.91. The van der Waals surface area contributed by atoms with Crippen molar-refractivity contribution in [2.24, 2.45) is 0 Å². The van der Waals surface area contributed by atoms with Crippen molar-refractivity contribution in [2.45, 2.75) is 40.2 Å². The molecule has 1 N–H and O–H groups in total. The third-order valence-electron chi connectivity index (χ3n) is 6.13. The predicted molar refractivity (Wildman–Crippen MR) is 137 cm³/mol. The molecule has 1 amide bonds. The Morgan fingerprint density at radius 3 is 2.69 bits per heavy atom. The van der Waals surface area contributed by atoms with E-state index >= 15 is 0 Å². The average Bonchev–Trinajstić information content (AvgIpc) is 3.45. The monoisotopic (exact) mass is 484 g/mol. The molecule has 0 bridgehead atoms. The van der Waals surface area contributed by atoms with Crippen LogP contribution in [0.1, 0.15) is 34.8 Å². The highest BCUT2D eigenvalue weighted by atomic mass is 16.5. The molecular formula is C27H28N6O3. The first-order valence-corrected chi connectivity index (χ1v) is 11.8. The summed E-state index contributed by atoms with van der Waals surface area (Å²) in [5.41, 5.74) is 6.98. The van der Waals surface area contributed by atoms with Gasteiger partial charge in [-0.1, -0.05) is 6.07 Å². The van der Waals surface area contributed by atoms with Crippen LogP contribution in [0.25, 0.3) is 11.3 Å². The Labute approximate surface area is 208 Å². The summed E-state index contributed by atoms with van der Waals surface area (Å²) in [6.07, 6.45) is 4.75. The van der Waals surface area contributed by atoms with Gasteiger partial charge in [0.1, 0.15) is 12.3 Å². The lowest BCUT2D eigenvalue weighted by Gasteiger charge is -2.13. The number of carbonyl (C=O) groups excluding carboxylic acids is 1. The summed E-state index contributed by atoms with van der Waals surface area (Å²) in [6, 6.07) is 13.1. The molecular weight excluding hydrogens is 456 g/mol. The minimum absolute atomic E-state index is 0.0954. The second kappa shape index (κ2) is 9.69. The van der Waals surface area contributed by atoms with Gasteiger partial charge in [-0.3, -0.25) is 4.79 Å². The number of hydrogen-bond donors (Lipinski definition) is 1. The van der Waals surface area contributed by atoms with E-state index in [0.29, 0.717) is 30.0 Å². The minimum Gasteiger partial charge on any atom is -0.493 e. The molecule has 0 aliphatic carbocycles. The van der Waals surface area contributed by atoms with Crippen molar-refractivity contribution in [3.05, 3.63) is 83.2 Å². The number of imidazole rings is 1. The molecule has 9 heteroatoms. The summed E-state index contributed by atoms with van der Waals surface area (Å²) < 4.78 is 15.2. The van der Waals surface area contributed by atoms with Crippen molar-refractivity contribution in [3.8, 4) is 11.5 Å². The predicted octanol–water partition coefficient (Wildman–Crippen LogP) is 4.46. The largest absolute Gasteiger partial charge is 0.493 e. The number of rotatable bonds is 8. The van der Waals surface area contributed by atoms with Gasteiger partial charge in [0.2, 0.25) is 5.91 Å². The molecule has 0 saturated carbocycles. The van der Waals surface area contributed by atoms with Crippen LogP contribution in [0.3, 0.4) is 0 Å². The molecule has 0 saturated heterocycles. The number of aromatic nitrogens is 5. The number of ether oxygens (including phenoxy) is 2. The molecule has 4 heterocycles. The van der Waals surface area contributed by atoms with E-state index in [1.807, 2.05) is 66.3 Å². The number of hydrogen-bond acceptors (Lipinski definition) is 6. The van der Waals surface area contributed by atoms with Crippen molar-refractivity contribution >= 4 is 22.9 Å². The molecule has 184 valence electrons. The first-order valence-electron chi connectivity index (χ1n) is 11.8. The SMILES string of the molecule is COc1ccc(NC(=O)CCc2c(C)nc3cc(C)nn3c2C)cc1OCc1cn2ccccc2n1. The molecule has 0 fully saturated rings. The van der Waals surface area contributed by atoms with Gasteiger partial charge >= 0.3 is 0 Å². The number of nitrogens with one attached hydrogen (secondary N) is 1. The first kappa shape index (κ1) is 23.3. The molecule has 5 rings (SSSR count). The molecule has 5 aromatic rings. The average molecular weight is 485 g/mol. The molecule has 9 nitrogen and oxygen atoms in total. The molecule has 4 aromatic heterocycles. The Bertz CT molecular complexity index is 1540. The lowest BCUT2D eigenvalue weighted by Crippen LogP contribution is -2.14. The van der Waals surface area contributed by atoms with Crippen molar-refractivity contribution in [1.82, 2.24) is 24.0 Å². The number of nitrogens with zero attached hydrogens (tertiary/aromatic N) is 5. The van der Waals surface area contributed by atoms with Crippen molar-refractivity contribution in [3.63, 3.8) is 0 Å². The van der Waals surface area contributed by atoms with E-state index in [-0.39, 0.29) is 12.5 Å². The van der Waals surface area contributed by atoms with Crippen LogP contribution < -0.4 is 14.8 Å². The fraction of sp³-hybridized carbons (Fsp3) is 0.259. The quantitative estimate of drug-likeness (QED) is 0.349. The Kier molecular flexibility index (Phi) is 6.28. The molecule has 0 aliphatic rings. The number of benzene rings is 1. The van der Waals surface area contributed by atoms with Gasteiger partial charge in [-0.05, 0) is 57.0 Å². The topological polar surface area (TPSA) is 95.0 Å². The van der Waals surface area contributed by atoms with Crippen LogP contribution in [0.15, 0.2) is 54.9 Å². The maximum absolute atomic E-state index is 12.8.